The molecular formula is C25H26FN3O3. The summed E-state index contributed by atoms with van der Waals surface area (Å²) in [6.07, 6.45) is -0.446. The maximum atomic E-state index is 13.2. The molecule has 0 radical (unpaired) electrons. The van der Waals surface area contributed by atoms with Crippen LogP contribution in [-0.4, -0.2) is 29.4 Å². The number of ether oxygens (including phenoxy) is 1. The van der Waals surface area contributed by atoms with Gasteiger partial charge in [-0.15, -0.1) is 0 Å². The van der Waals surface area contributed by atoms with Crippen LogP contribution in [0.1, 0.15) is 31.1 Å². The minimum absolute atomic E-state index is 0.324. The lowest BCUT2D eigenvalue weighted by molar-refractivity contribution is -0.129. The Morgan fingerprint density at radius 1 is 1.06 bits per heavy atom. The third kappa shape index (κ3) is 5.92. The largest absolute Gasteiger partial charge is 0.484 e. The standard InChI is InChI=1S/C25H26FN3O3/c1-16(28-25(31)17(2)30)24(18-6-4-3-5-7-18)32-22-12-13-23(19(14-22)15-27)29-21-10-8-20(26)9-11-21/h3-17,24,27,29-30H,1-2H3,(H,28,31)/t16?,17-,24-/m0/s1. The monoisotopic (exact) mass is 435 g/mol. The molecule has 3 aromatic rings. The molecule has 0 saturated heterocycles. The van der Waals surface area contributed by atoms with Crippen LogP contribution in [0.4, 0.5) is 15.8 Å². The number of hydrogen-bond acceptors (Lipinski definition) is 5. The molecule has 166 valence electrons. The van der Waals surface area contributed by atoms with Gasteiger partial charge in [-0.1, -0.05) is 30.3 Å². The van der Waals surface area contributed by atoms with Crippen LogP contribution in [0.25, 0.3) is 0 Å². The average molecular weight is 435 g/mol. The Balaban J connectivity index is 1.84. The van der Waals surface area contributed by atoms with E-state index in [0.29, 0.717) is 22.7 Å². The normalized spacial score (nSPS) is 13.5. The van der Waals surface area contributed by atoms with Gasteiger partial charge in [0.25, 0.3) is 0 Å². The molecule has 3 atom stereocenters. The van der Waals surface area contributed by atoms with Gasteiger partial charge < -0.3 is 25.9 Å². The van der Waals surface area contributed by atoms with Crippen LogP contribution in [0.15, 0.2) is 72.8 Å². The molecule has 0 aliphatic rings. The van der Waals surface area contributed by atoms with E-state index in [0.717, 1.165) is 5.56 Å². The summed E-state index contributed by atoms with van der Waals surface area (Å²) in [4.78, 5) is 12.0. The number of hydrogen-bond donors (Lipinski definition) is 4. The van der Waals surface area contributed by atoms with E-state index in [1.165, 1.54) is 25.3 Å². The lowest BCUT2D eigenvalue weighted by Crippen LogP contribution is -2.43. The van der Waals surface area contributed by atoms with Gasteiger partial charge in [-0.05, 0) is 61.9 Å². The number of carbonyl (C=O) groups excluding carboxylic acids is 1. The number of aliphatic hydroxyl groups excluding tert-OH is 1. The van der Waals surface area contributed by atoms with E-state index < -0.39 is 24.2 Å². The second-order valence-corrected chi connectivity index (χ2v) is 7.45. The van der Waals surface area contributed by atoms with Crippen molar-refractivity contribution in [3.05, 3.63) is 89.7 Å². The zero-order valence-corrected chi connectivity index (χ0v) is 17.9. The summed E-state index contributed by atoms with van der Waals surface area (Å²) in [5.41, 5.74) is 2.81. The predicted octanol–water partition coefficient (Wildman–Crippen LogP) is 4.57. The van der Waals surface area contributed by atoms with Crippen molar-refractivity contribution in [2.75, 3.05) is 5.32 Å². The molecule has 0 fully saturated rings. The zero-order valence-electron chi connectivity index (χ0n) is 17.9. The Hall–Kier alpha value is -3.71. The van der Waals surface area contributed by atoms with Crippen LogP contribution >= 0.6 is 0 Å². The van der Waals surface area contributed by atoms with Crippen LogP contribution in [-0.2, 0) is 4.79 Å². The highest BCUT2D eigenvalue weighted by Gasteiger charge is 2.24. The second-order valence-electron chi connectivity index (χ2n) is 7.45. The summed E-state index contributed by atoms with van der Waals surface area (Å²) in [7, 11) is 0. The molecule has 6 nitrogen and oxygen atoms in total. The summed E-state index contributed by atoms with van der Waals surface area (Å²) < 4.78 is 19.4. The van der Waals surface area contributed by atoms with Gasteiger partial charge >= 0.3 is 0 Å². The van der Waals surface area contributed by atoms with E-state index >= 15 is 0 Å². The van der Waals surface area contributed by atoms with Crippen molar-refractivity contribution in [1.82, 2.24) is 5.32 Å². The van der Waals surface area contributed by atoms with Gasteiger partial charge in [-0.25, -0.2) is 4.39 Å². The smallest absolute Gasteiger partial charge is 0.248 e. The molecule has 0 aliphatic carbocycles. The molecule has 3 rings (SSSR count). The lowest BCUT2D eigenvalue weighted by Gasteiger charge is -2.27. The summed E-state index contributed by atoms with van der Waals surface area (Å²) in [5, 5.41) is 23.3. The zero-order chi connectivity index (χ0) is 23.1. The molecule has 0 spiro atoms. The first-order chi connectivity index (χ1) is 15.4. The third-order valence-corrected chi connectivity index (χ3v) is 4.90. The topological polar surface area (TPSA) is 94.4 Å². The van der Waals surface area contributed by atoms with Gasteiger partial charge in [-0.3, -0.25) is 4.79 Å². The molecule has 7 heteroatoms. The number of anilines is 2. The van der Waals surface area contributed by atoms with E-state index in [1.807, 2.05) is 30.3 Å². The van der Waals surface area contributed by atoms with Gasteiger partial charge in [0.1, 0.15) is 23.8 Å². The fraction of sp³-hybridized carbons (Fsp3) is 0.200. The third-order valence-electron chi connectivity index (χ3n) is 4.90. The molecule has 3 aromatic carbocycles. The molecule has 32 heavy (non-hydrogen) atoms. The fourth-order valence-corrected chi connectivity index (χ4v) is 3.20. The first-order valence-electron chi connectivity index (χ1n) is 10.2. The number of amides is 1. The second kappa shape index (κ2) is 10.5. The first-order valence-corrected chi connectivity index (χ1v) is 10.2. The number of halogens is 1. The van der Waals surface area contributed by atoms with Crippen LogP contribution in [0.3, 0.4) is 0 Å². The summed E-state index contributed by atoms with van der Waals surface area (Å²) in [5.74, 6) is -0.295. The van der Waals surface area contributed by atoms with Crippen molar-refractivity contribution < 1.29 is 19.0 Å². The molecule has 1 amide bonds. The van der Waals surface area contributed by atoms with Crippen molar-refractivity contribution in [1.29, 1.82) is 5.41 Å². The predicted molar refractivity (Wildman–Crippen MR) is 123 cm³/mol. The summed E-state index contributed by atoms with van der Waals surface area (Å²) in [6.45, 7) is 3.21. The van der Waals surface area contributed by atoms with Crippen molar-refractivity contribution in [3.8, 4) is 5.75 Å². The van der Waals surface area contributed by atoms with Gasteiger partial charge in [0, 0.05) is 23.2 Å². The molecular weight excluding hydrogens is 409 g/mol. The van der Waals surface area contributed by atoms with E-state index in [2.05, 4.69) is 10.6 Å². The lowest BCUT2D eigenvalue weighted by atomic mass is 10.0. The average Bonchev–Trinajstić information content (AvgIpc) is 2.80. The van der Waals surface area contributed by atoms with Gasteiger partial charge in [-0.2, -0.15) is 0 Å². The number of carbonyl (C=O) groups is 1. The summed E-state index contributed by atoms with van der Waals surface area (Å²) >= 11 is 0. The van der Waals surface area contributed by atoms with Crippen molar-refractivity contribution in [2.45, 2.75) is 32.1 Å². The van der Waals surface area contributed by atoms with E-state index in [1.54, 1.807) is 37.3 Å². The minimum Gasteiger partial charge on any atom is -0.484 e. The Labute approximate surface area is 186 Å². The fourth-order valence-electron chi connectivity index (χ4n) is 3.20. The molecule has 0 aromatic heterocycles. The van der Waals surface area contributed by atoms with Crippen LogP contribution in [0.5, 0.6) is 5.75 Å². The van der Waals surface area contributed by atoms with Crippen molar-refractivity contribution in [2.24, 2.45) is 0 Å². The Morgan fingerprint density at radius 3 is 2.38 bits per heavy atom. The maximum Gasteiger partial charge on any atom is 0.248 e. The van der Waals surface area contributed by atoms with Gasteiger partial charge in [0.15, 0.2) is 0 Å². The van der Waals surface area contributed by atoms with Crippen LogP contribution in [0, 0.1) is 11.2 Å². The first kappa shape index (κ1) is 23.0. The number of aliphatic hydroxyl groups is 1. The Morgan fingerprint density at radius 2 is 1.75 bits per heavy atom. The SMILES string of the molecule is CC(NC(=O)[C@H](C)O)[C@H](Oc1ccc(Nc2ccc(F)cc2)c(C=N)c1)c1ccccc1. The van der Waals surface area contributed by atoms with Gasteiger partial charge in [0.05, 0.1) is 6.04 Å². The van der Waals surface area contributed by atoms with Crippen LogP contribution < -0.4 is 15.4 Å². The quantitative estimate of drug-likeness (QED) is 0.370. The molecule has 1 unspecified atom stereocenters. The number of rotatable bonds is 9. The molecule has 4 N–H and O–H groups in total. The number of nitrogens with one attached hydrogen (secondary N) is 3. The molecule has 0 aliphatic heterocycles. The minimum atomic E-state index is -1.13. The van der Waals surface area contributed by atoms with Crippen molar-refractivity contribution in [3.63, 3.8) is 0 Å². The highest BCUT2D eigenvalue weighted by Crippen LogP contribution is 2.29. The molecule has 0 saturated carbocycles. The van der Waals surface area contributed by atoms with Gasteiger partial charge in [0.2, 0.25) is 5.91 Å². The van der Waals surface area contributed by atoms with Crippen LogP contribution in [0.2, 0.25) is 0 Å². The Bertz CT molecular complexity index is 1060. The molecule has 0 bridgehead atoms. The van der Waals surface area contributed by atoms with E-state index in [4.69, 9.17) is 10.1 Å². The highest BCUT2D eigenvalue weighted by atomic mass is 19.1. The number of benzene rings is 3. The van der Waals surface area contributed by atoms with E-state index in [9.17, 15) is 14.3 Å². The highest BCUT2D eigenvalue weighted by molar-refractivity contribution is 5.88. The molecule has 0 heterocycles. The maximum absolute atomic E-state index is 13.2. The summed E-state index contributed by atoms with van der Waals surface area (Å²) in [6, 6.07) is 20.2. The Kier molecular flexibility index (Phi) is 7.57. The van der Waals surface area contributed by atoms with Crippen molar-refractivity contribution >= 4 is 23.5 Å². The van der Waals surface area contributed by atoms with E-state index in [-0.39, 0.29) is 5.82 Å².